The summed E-state index contributed by atoms with van der Waals surface area (Å²) >= 11 is 0. The lowest BCUT2D eigenvalue weighted by Gasteiger charge is -2.18. The molecule has 0 atom stereocenters. The van der Waals surface area contributed by atoms with Gasteiger partial charge in [0.25, 0.3) is 11.5 Å². The van der Waals surface area contributed by atoms with E-state index >= 15 is 0 Å². The van der Waals surface area contributed by atoms with E-state index in [4.69, 9.17) is 4.74 Å². The van der Waals surface area contributed by atoms with E-state index in [1.807, 2.05) is 0 Å². The molecule has 2 N–H and O–H groups in total. The number of amides is 1. The van der Waals surface area contributed by atoms with Gasteiger partial charge in [0.05, 0.1) is 5.39 Å². The first-order valence-electron chi connectivity index (χ1n) is 10.2. The number of ketones is 2. The van der Waals surface area contributed by atoms with Crippen molar-refractivity contribution in [3.8, 4) is 0 Å². The van der Waals surface area contributed by atoms with Crippen molar-refractivity contribution in [2.45, 2.75) is 0 Å². The van der Waals surface area contributed by atoms with E-state index in [9.17, 15) is 24.0 Å². The van der Waals surface area contributed by atoms with E-state index in [1.54, 1.807) is 48.5 Å². The maximum atomic E-state index is 12.8. The molecule has 4 aromatic rings. The maximum Gasteiger partial charge on any atom is 0.359 e. The van der Waals surface area contributed by atoms with E-state index in [0.29, 0.717) is 16.5 Å². The Balaban J connectivity index is 1.30. The summed E-state index contributed by atoms with van der Waals surface area (Å²) in [4.78, 5) is 62.2. The quantitative estimate of drug-likeness (QED) is 0.399. The second kappa shape index (κ2) is 8.21. The number of rotatable bonds is 4. The molecular weight excluding hydrogens is 438 g/mol. The maximum absolute atomic E-state index is 12.8. The smallest absolute Gasteiger partial charge is 0.359 e. The summed E-state index contributed by atoms with van der Waals surface area (Å²) in [5.74, 6) is -2.12. The predicted molar refractivity (Wildman–Crippen MR) is 121 cm³/mol. The molecule has 5 rings (SSSR count). The van der Waals surface area contributed by atoms with Crippen molar-refractivity contribution in [2.24, 2.45) is 0 Å². The van der Waals surface area contributed by atoms with Gasteiger partial charge in [-0.15, -0.1) is 0 Å². The summed E-state index contributed by atoms with van der Waals surface area (Å²) in [6, 6.07) is 17.3. The number of anilines is 1. The number of aromatic amines is 1. The lowest BCUT2D eigenvalue weighted by atomic mass is 9.84. The van der Waals surface area contributed by atoms with Crippen molar-refractivity contribution < 1.29 is 23.9 Å². The van der Waals surface area contributed by atoms with Gasteiger partial charge in [-0.05, 0) is 24.3 Å². The van der Waals surface area contributed by atoms with Gasteiger partial charge in [0.15, 0.2) is 23.9 Å². The van der Waals surface area contributed by atoms with Gasteiger partial charge in [-0.3, -0.25) is 19.2 Å². The summed E-state index contributed by atoms with van der Waals surface area (Å²) in [5, 5.41) is 9.08. The number of hydrogen-bond acceptors (Lipinski definition) is 7. The van der Waals surface area contributed by atoms with E-state index < -0.39 is 24.0 Å². The SMILES string of the molecule is O=C(COC(=O)c1n[nH]c(=O)c2ccccc12)Nc1ccc2c(c1)C(=O)c1ccccc1C2=O. The van der Waals surface area contributed by atoms with Gasteiger partial charge in [-0.25, -0.2) is 9.89 Å². The third-order valence-electron chi connectivity index (χ3n) is 5.43. The molecule has 1 heterocycles. The van der Waals surface area contributed by atoms with Gasteiger partial charge in [-0.1, -0.05) is 42.5 Å². The number of carbonyl (C=O) groups is 4. The molecule has 0 bridgehead atoms. The first-order chi connectivity index (χ1) is 16.4. The fourth-order valence-corrected chi connectivity index (χ4v) is 3.84. The summed E-state index contributed by atoms with van der Waals surface area (Å²) < 4.78 is 5.05. The molecule has 0 aliphatic heterocycles. The van der Waals surface area contributed by atoms with Crippen molar-refractivity contribution >= 4 is 39.9 Å². The number of esters is 1. The number of nitrogens with one attached hydrogen (secondary N) is 2. The van der Waals surface area contributed by atoms with Crippen LogP contribution in [-0.2, 0) is 9.53 Å². The fraction of sp³-hybridized carbons (Fsp3) is 0.0400. The number of ether oxygens (including phenoxy) is 1. The topological polar surface area (TPSA) is 135 Å². The standard InChI is InChI=1S/C25H15N3O6/c29-20(12-34-25(33)21-14-5-1-4-8-18(14)24(32)28-27-21)26-13-9-10-17-19(11-13)23(31)16-7-3-2-6-15(16)22(17)30/h1-11H,12H2,(H,26,29)(H,28,32). The molecule has 0 unspecified atom stereocenters. The van der Waals surface area contributed by atoms with Crippen LogP contribution in [0.5, 0.6) is 0 Å². The average Bonchev–Trinajstić information content (AvgIpc) is 2.86. The Morgan fingerprint density at radius 2 is 1.41 bits per heavy atom. The van der Waals surface area contributed by atoms with E-state index in [0.717, 1.165) is 0 Å². The first kappa shape index (κ1) is 21.0. The molecule has 0 saturated carbocycles. The average molecular weight is 453 g/mol. The highest BCUT2D eigenvalue weighted by Crippen LogP contribution is 2.29. The first-order valence-corrected chi connectivity index (χ1v) is 10.2. The Morgan fingerprint density at radius 1 is 0.794 bits per heavy atom. The molecule has 1 aliphatic carbocycles. The number of carbonyl (C=O) groups excluding carboxylic acids is 4. The molecule has 34 heavy (non-hydrogen) atoms. The summed E-state index contributed by atoms with van der Waals surface area (Å²) in [6.07, 6.45) is 0. The largest absolute Gasteiger partial charge is 0.451 e. The van der Waals surface area contributed by atoms with Crippen LogP contribution in [0.15, 0.2) is 71.5 Å². The Kier molecular flexibility index (Phi) is 5.06. The molecule has 3 aromatic carbocycles. The Bertz CT molecular complexity index is 1590. The molecule has 0 radical (unpaired) electrons. The van der Waals surface area contributed by atoms with Crippen LogP contribution in [-0.4, -0.2) is 40.2 Å². The van der Waals surface area contributed by atoms with Crippen LogP contribution in [0.25, 0.3) is 10.8 Å². The van der Waals surface area contributed by atoms with Crippen LogP contribution in [0.1, 0.15) is 42.3 Å². The monoisotopic (exact) mass is 453 g/mol. The minimum absolute atomic E-state index is 0.125. The van der Waals surface area contributed by atoms with Crippen molar-refractivity contribution in [2.75, 3.05) is 11.9 Å². The van der Waals surface area contributed by atoms with Crippen LogP contribution in [0.2, 0.25) is 0 Å². The second-order valence-electron chi connectivity index (χ2n) is 7.54. The van der Waals surface area contributed by atoms with Crippen molar-refractivity contribution in [3.63, 3.8) is 0 Å². The van der Waals surface area contributed by atoms with Crippen molar-refractivity contribution in [1.82, 2.24) is 10.2 Å². The number of nitrogens with zero attached hydrogens (tertiary/aromatic N) is 1. The van der Waals surface area contributed by atoms with Gasteiger partial charge in [0.1, 0.15) is 0 Å². The molecule has 166 valence electrons. The molecule has 1 aliphatic rings. The zero-order valence-electron chi connectivity index (χ0n) is 17.5. The van der Waals surface area contributed by atoms with Gasteiger partial charge in [0.2, 0.25) is 0 Å². The number of H-pyrrole nitrogens is 1. The zero-order chi connectivity index (χ0) is 23.8. The lowest BCUT2D eigenvalue weighted by molar-refractivity contribution is -0.119. The number of fused-ring (bicyclic) bond motifs is 3. The highest BCUT2D eigenvalue weighted by molar-refractivity contribution is 6.28. The molecule has 1 aromatic heterocycles. The van der Waals surface area contributed by atoms with Crippen LogP contribution in [0.3, 0.4) is 0 Å². The van der Waals surface area contributed by atoms with E-state index in [-0.39, 0.29) is 39.5 Å². The molecule has 0 fully saturated rings. The normalized spacial score (nSPS) is 12.1. The van der Waals surface area contributed by atoms with Gasteiger partial charge >= 0.3 is 5.97 Å². The van der Waals surface area contributed by atoms with Gasteiger partial charge in [0, 0.05) is 33.3 Å². The lowest BCUT2D eigenvalue weighted by Crippen LogP contribution is -2.24. The predicted octanol–water partition coefficient (Wildman–Crippen LogP) is 2.49. The Hall–Kier alpha value is -4.92. The van der Waals surface area contributed by atoms with Gasteiger partial charge < -0.3 is 10.1 Å². The zero-order valence-corrected chi connectivity index (χ0v) is 17.5. The third kappa shape index (κ3) is 3.55. The summed E-state index contributed by atoms with van der Waals surface area (Å²) in [6.45, 7) is -0.624. The molecule has 0 saturated heterocycles. The highest BCUT2D eigenvalue weighted by Gasteiger charge is 2.29. The van der Waals surface area contributed by atoms with E-state index in [2.05, 4.69) is 15.5 Å². The second-order valence-corrected chi connectivity index (χ2v) is 7.54. The molecule has 0 spiro atoms. The molecular formula is C25H15N3O6. The fourth-order valence-electron chi connectivity index (χ4n) is 3.84. The minimum atomic E-state index is -0.884. The van der Waals surface area contributed by atoms with E-state index in [1.165, 1.54) is 18.2 Å². The van der Waals surface area contributed by atoms with Crippen LogP contribution < -0.4 is 10.9 Å². The van der Waals surface area contributed by atoms with Crippen LogP contribution in [0.4, 0.5) is 5.69 Å². The molecule has 9 nitrogen and oxygen atoms in total. The Labute approximate surface area is 191 Å². The number of hydrogen-bond donors (Lipinski definition) is 2. The minimum Gasteiger partial charge on any atom is -0.451 e. The molecule has 9 heteroatoms. The van der Waals surface area contributed by atoms with Crippen LogP contribution in [0, 0.1) is 0 Å². The summed E-state index contributed by atoms with van der Waals surface area (Å²) in [5.41, 5.74) is 0.775. The van der Waals surface area contributed by atoms with Gasteiger partial charge in [-0.2, -0.15) is 5.10 Å². The van der Waals surface area contributed by atoms with Crippen molar-refractivity contribution in [3.05, 3.63) is 105 Å². The third-order valence-corrected chi connectivity index (χ3v) is 5.43. The molecule has 1 amide bonds. The number of benzene rings is 3. The summed E-state index contributed by atoms with van der Waals surface area (Å²) in [7, 11) is 0. The number of aromatic nitrogens is 2. The Morgan fingerprint density at radius 3 is 2.15 bits per heavy atom. The van der Waals surface area contributed by atoms with Crippen molar-refractivity contribution in [1.29, 1.82) is 0 Å². The highest BCUT2D eigenvalue weighted by atomic mass is 16.5. The van der Waals surface area contributed by atoms with Crippen LogP contribution >= 0.6 is 0 Å².